The second kappa shape index (κ2) is 6.66. The SMILES string of the molecule is CCN1C[C@]2(COC)CC[C@H](O)[C@@]34[C@@H]5C[C@H]6[C@H](OC)[C@@H]5[C@](O)(C[C@@H]6OC)[C@@](O)([C@@H](O)[C@H]23)[C@@H]14. The summed E-state index contributed by atoms with van der Waals surface area (Å²) in [5, 5.41) is 48.9. The molecule has 8 nitrogen and oxygen atoms in total. The van der Waals surface area contributed by atoms with E-state index in [-0.39, 0.29) is 47.7 Å². The van der Waals surface area contributed by atoms with Crippen molar-refractivity contribution in [1.29, 1.82) is 0 Å². The fraction of sp³-hybridized carbons (Fsp3) is 1.00. The van der Waals surface area contributed by atoms with Crippen LogP contribution in [0.4, 0.5) is 0 Å². The molecule has 0 amide bonds. The summed E-state index contributed by atoms with van der Waals surface area (Å²) in [7, 11) is 5.00. The predicted octanol–water partition coefficient (Wildman–Crippen LogP) is -0.383. The molecule has 0 aromatic carbocycles. The summed E-state index contributed by atoms with van der Waals surface area (Å²) >= 11 is 0. The quantitative estimate of drug-likeness (QED) is 0.446. The maximum absolute atomic E-state index is 12.6. The van der Waals surface area contributed by atoms with Crippen LogP contribution in [0.25, 0.3) is 0 Å². The summed E-state index contributed by atoms with van der Waals surface area (Å²) in [5.74, 6) is -0.671. The molecule has 0 unspecified atom stereocenters. The molecule has 0 radical (unpaired) electrons. The van der Waals surface area contributed by atoms with Crippen molar-refractivity contribution in [3.63, 3.8) is 0 Å². The Morgan fingerprint density at radius 3 is 2.47 bits per heavy atom. The number of methoxy groups -OCH3 is 3. The van der Waals surface area contributed by atoms with Gasteiger partial charge in [-0.05, 0) is 31.7 Å². The number of nitrogens with zero attached hydrogens (tertiary/aromatic N) is 1. The van der Waals surface area contributed by atoms with Crippen LogP contribution < -0.4 is 0 Å². The molecule has 5 saturated carbocycles. The van der Waals surface area contributed by atoms with Gasteiger partial charge in [0, 0.05) is 62.9 Å². The summed E-state index contributed by atoms with van der Waals surface area (Å²) in [6.45, 7) is 3.90. The van der Waals surface area contributed by atoms with Crippen LogP contribution in [0.1, 0.15) is 32.6 Å². The molecule has 7 bridgehead atoms. The van der Waals surface area contributed by atoms with Crippen molar-refractivity contribution in [3.05, 3.63) is 0 Å². The third kappa shape index (κ3) is 1.99. The molecule has 1 spiro atoms. The van der Waals surface area contributed by atoms with Crippen LogP contribution in [-0.2, 0) is 14.2 Å². The molecule has 6 aliphatic rings. The molecule has 8 heteroatoms. The Morgan fingerprint density at radius 2 is 1.84 bits per heavy atom. The first-order chi connectivity index (χ1) is 15.2. The molecule has 0 aromatic heterocycles. The number of likely N-dealkylation sites (tertiary alicyclic amines) is 1. The van der Waals surface area contributed by atoms with E-state index in [1.54, 1.807) is 21.3 Å². The van der Waals surface area contributed by atoms with E-state index >= 15 is 0 Å². The lowest BCUT2D eigenvalue weighted by Gasteiger charge is -2.69. The Hall–Kier alpha value is -0.320. The first-order valence-corrected chi connectivity index (χ1v) is 12.3. The average Bonchev–Trinajstić information content (AvgIpc) is 3.19. The molecule has 6 rings (SSSR count). The van der Waals surface area contributed by atoms with E-state index in [4.69, 9.17) is 14.2 Å². The predicted molar refractivity (Wildman–Crippen MR) is 114 cm³/mol. The molecule has 5 aliphatic carbocycles. The number of likely N-dealkylation sites (N-methyl/N-ethyl adjacent to an activating group) is 1. The summed E-state index contributed by atoms with van der Waals surface area (Å²) in [6, 6.07) is -0.515. The second-order valence-electron chi connectivity index (χ2n) is 11.7. The number of piperidine rings is 1. The summed E-state index contributed by atoms with van der Waals surface area (Å²) in [5.41, 5.74) is -4.43. The summed E-state index contributed by atoms with van der Waals surface area (Å²) in [4.78, 5) is 2.23. The molecule has 6 fully saturated rings. The molecule has 1 aliphatic heterocycles. The fourth-order valence-electron chi connectivity index (χ4n) is 10.7. The largest absolute Gasteiger partial charge is 0.392 e. The van der Waals surface area contributed by atoms with Gasteiger partial charge in [0.25, 0.3) is 0 Å². The standard InChI is InChI=1S/C24H39NO7/c1-5-25-10-21(11-30-2)7-6-15(26)23-13-8-12-14(31-3)9-22(28,16(13)17(12)32-4)24(29,20(23)25)19(27)18(21)23/h12-20,26-29H,5-11H2,1-4H3/t12-,13-,14+,15+,16-,17+,18-,19+,20+,21+,22-,23+,24-/m1/s1. The van der Waals surface area contributed by atoms with Gasteiger partial charge in [0.1, 0.15) is 11.2 Å². The zero-order valence-electron chi connectivity index (χ0n) is 19.6. The van der Waals surface area contributed by atoms with Crippen LogP contribution in [0, 0.1) is 34.5 Å². The van der Waals surface area contributed by atoms with Crippen LogP contribution in [0.2, 0.25) is 0 Å². The van der Waals surface area contributed by atoms with Gasteiger partial charge >= 0.3 is 0 Å². The van der Waals surface area contributed by atoms with Crippen molar-refractivity contribution >= 4 is 0 Å². The number of aliphatic hydroxyl groups excluding tert-OH is 2. The molecule has 1 heterocycles. The van der Waals surface area contributed by atoms with Crippen LogP contribution in [-0.4, -0.2) is 108 Å². The first kappa shape index (κ1) is 22.2. The van der Waals surface area contributed by atoms with E-state index in [0.29, 0.717) is 26.1 Å². The van der Waals surface area contributed by atoms with Crippen molar-refractivity contribution in [3.8, 4) is 0 Å². The van der Waals surface area contributed by atoms with E-state index in [9.17, 15) is 20.4 Å². The minimum Gasteiger partial charge on any atom is -0.392 e. The van der Waals surface area contributed by atoms with Crippen molar-refractivity contribution in [2.24, 2.45) is 34.5 Å². The minimum absolute atomic E-state index is 0.0732. The van der Waals surface area contributed by atoms with Gasteiger partial charge < -0.3 is 34.6 Å². The third-order valence-corrected chi connectivity index (χ3v) is 11.3. The molecule has 13 atom stereocenters. The average molecular weight is 454 g/mol. The lowest BCUT2D eigenvalue weighted by Crippen LogP contribution is -2.82. The molecular weight excluding hydrogens is 414 g/mol. The van der Waals surface area contributed by atoms with Gasteiger partial charge in [0.15, 0.2) is 0 Å². The Morgan fingerprint density at radius 1 is 1.09 bits per heavy atom. The van der Waals surface area contributed by atoms with E-state index in [2.05, 4.69) is 11.8 Å². The van der Waals surface area contributed by atoms with Crippen LogP contribution in [0.15, 0.2) is 0 Å². The molecule has 4 N–H and O–H groups in total. The number of hydrogen-bond donors (Lipinski definition) is 4. The number of aliphatic hydroxyl groups is 4. The minimum atomic E-state index is -1.78. The molecule has 0 aromatic rings. The fourth-order valence-corrected chi connectivity index (χ4v) is 10.7. The molecule has 32 heavy (non-hydrogen) atoms. The second-order valence-corrected chi connectivity index (χ2v) is 11.7. The van der Waals surface area contributed by atoms with Crippen LogP contribution in [0.5, 0.6) is 0 Å². The normalized spacial score (nSPS) is 62.4. The Bertz CT molecular complexity index is 798. The molecule has 182 valence electrons. The number of fused-ring (bicyclic) bond motifs is 2. The highest BCUT2D eigenvalue weighted by Crippen LogP contribution is 2.79. The molecule has 1 saturated heterocycles. The summed E-state index contributed by atoms with van der Waals surface area (Å²) in [6.07, 6.45) is 0.0262. The Balaban J connectivity index is 1.65. The lowest BCUT2D eigenvalue weighted by atomic mass is 9.42. The first-order valence-electron chi connectivity index (χ1n) is 12.3. The van der Waals surface area contributed by atoms with Crippen molar-refractivity contribution in [2.75, 3.05) is 41.0 Å². The number of ether oxygens (including phenoxy) is 3. The van der Waals surface area contributed by atoms with Gasteiger partial charge in [0.05, 0.1) is 37.1 Å². The highest BCUT2D eigenvalue weighted by molar-refractivity contribution is 5.41. The van der Waals surface area contributed by atoms with Gasteiger partial charge in [-0.15, -0.1) is 0 Å². The zero-order valence-corrected chi connectivity index (χ0v) is 19.6. The monoisotopic (exact) mass is 453 g/mol. The van der Waals surface area contributed by atoms with Crippen LogP contribution >= 0.6 is 0 Å². The topological polar surface area (TPSA) is 112 Å². The summed E-state index contributed by atoms with van der Waals surface area (Å²) < 4.78 is 17.5. The van der Waals surface area contributed by atoms with E-state index < -0.39 is 34.9 Å². The van der Waals surface area contributed by atoms with Crippen molar-refractivity contribution < 1.29 is 34.6 Å². The Labute approximate surface area is 189 Å². The highest BCUT2D eigenvalue weighted by atomic mass is 16.5. The van der Waals surface area contributed by atoms with E-state index in [0.717, 1.165) is 12.8 Å². The van der Waals surface area contributed by atoms with Crippen LogP contribution in [0.3, 0.4) is 0 Å². The third-order valence-electron chi connectivity index (χ3n) is 11.3. The van der Waals surface area contributed by atoms with Crippen molar-refractivity contribution in [1.82, 2.24) is 4.90 Å². The van der Waals surface area contributed by atoms with E-state index in [1.807, 2.05) is 0 Å². The van der Waals surface area contributed by atoms with Crippen molar-refractivity contribution in [2.45, 2.75) is 74.3 Å². The highest BCUT2D eigenvalue weighted by Gasteiger charge is 2.91. The van der Waals surface area contributed by atoms with Gasteiger partial charge in [-0.25, -0.2) is 0 Å². The number of rotatable bonds is 5. The smallest absolute Gasteiger partial charge is 0.136 e. The maximum atomic E-state index is 12.6. The number of hydrogen-bond acceptors (Lipinski definition) is 8. The van der Waals surface area contributed by atoms with Gasteiger partial charge in [-0.3, -0.25) is 4.90 Å². The van der Waals surface area contributed by atoms with Gasteiger partial charge in [0.2, 0.25) is 0 Å². The van der Waals surface area contributed by atoms with Gasteiger partial charge in [-0.1, -0.05) is 6.92 Å². The van der Waals surface area contributed by atoms with E-state index in [1.165, 1.54) is 0 Å². The molecular formula is C24H39NO7. The Kier molecular flexibility index (Phi) is 4.62. The maximum Gasteiger partial charge on any atom is 0.136 e. The van der Waals surface area contributed by atoms with Gasteiger partial charge in [-0.2, -0.15) is 0 Å². The zero-order chi connectivity index (χ0) is 22.8. The lowest BCUT2D eigenvalue weighted by molar-refractivity contribution is -0.318.